The van der Waals surface area contributed by atoms with Crippen molar-refractivity contribution in [3.63, 3.8) is 0 Å². The number of hydrogen-bond donors (Lipinski definition) is 1. The van der Waals surface area contributed by atoms with Gasteiger partial charge in [0.15, 0.2) is 11.6 Å². The summed E-state index contributed by atoms with van der Waals surface area (Å²) < 4.78 is 83.5. The minimum absolute atomic E-state index is 0.0669. The van der Waals surface area contributed by atoms with E-state index in [-0.39, 0.29) is 39.8 Å². The number of nitrogens with one attached hydrogen (secondary N) is 1. The smallest absolute Gasteiger partial charge is 0.362 e. The Kier molecular flexibility index (Phi) is 7.85. The second-order valence-electron chi connectivity index (χ2n) is 8.33. The molecule has 37 heavy (non-hydrogen) atoms. The second kappa shape index (κ2) is 10.3. The molecular formula is C24H20ClF6N3O3. The molecular weight excluding hydrogens is 528 g/mol. The molecule has 6 nitrogen and oxygen atoms in total. The van der Waals surface area contributed by atoms with E-state index >= 15 is 0 Å². The van der Waals surface area contributed by atoms with Gasteiger partial charge >= 0.3 is 18.0 Å². The molecule has 198 valence electrons. The largest absolute Gasteiger partial charge is 0.424 e. The molecule has 0 saturated carbocycles. The Morgan fingerprint density at radius 1 is 1.05 bits per heavy atom. The first-order valence-electron chi connectivity index (χ1n) is 10.7. The molecule has 13 heteroatoms. The number of carbonyl (C=O) groups excluding carboxylic acids is 1. The van der Waals surface area contributed by atoms with Crippen molar-refractivity contribution < 1.29 is 35.9 Å². The van der Waals surface area contributed by atoms with Crippen LogP contribution in [0.3, 0.4) is 0 Å². The van der Waals surface area contributed by atoms with Gasteiger partial charge in [0.25, 0.3) is 0 Å². The lowest BCUT2D eigenvalue weighted by Gasteiger charge is -2.29. The second-order valence-corrected chi connectivity index (χ2v) is 8.73. The van der Waals surface area contributed by atoms with E-state index in [0.29, 0.717) is 12.5 Å². The van der Waals surface area contributed by atoms with Crippen LogP contribution in [0.1, 0.15) is 30.0 Å². The number of alkyl halides is 6. The normalized spacial score (nSPS) is 13.9. The first-order chi connectivity index (χ1) is 17.1. The Hall–Kier alpha value is -3.25. The van der Waals surface area contributed by atoms with Crippen molar-refractivity contribution in [2.24, 2.45) is 0 Å². The van der Waals surface area contributed by atoms with Crippen LogP contribution < -0.4 is 5.69 Å². The third-order valence-electron chi connectivity index (χ3n) is 5.85. The van der Waals surface area contributed by atoms with E-state index in [4.69, 9.17) is 11.6 Å². The Morgan fingerprint density at radius 2 is 1.73 bits per heavy atom. The predicted molar refractivity (Wildman–Crippen MR) is 123 cm³/mol. The highest BCUT2D eigenvalue weighted by atomic mass is 35.5. The molecule has 0 unspecified atom stereocenters. The SMILES string of the molecule is CO[C@](C)(C(=O)CCc1ccc(Cl)c(-c2nc(-c3ccc(C(F)(F)F)c(C)c3)nc(=O)[nH]2)c1)C(F)(F)F. The van der Waals surface area contributed by atoms with Crippen molar-refractivity contribution in [3.05, 3.63) is 68.6 Å². The maximum atomic E-state index is 13.3. The lowest BCUT2D eigenvalue weighted by atomic mass is 9.94. The number of nitrogens with zero attached hydrogens (tertiary/aromatic N) is 2. The van der Waals surface area contributed by atoms with Gasteiger partial charge in [-0.3, -0.25) is 9.78 Å². The molecule has 2 aromatic carbocycles. The van der Waals surface area contributed by atoms with Gasteiger partial charge in [0.1, 0.15) is 5.82 Å². The molecule has 0 bridgehead atoms. The molecule has 0 spiro atoms. The van der Waals surface area contributed by atoms with Crippen LogP contribution in [-0.4, -0.2) is 39.6 Å². The maximum Gasteiger partial charge on any atom is 0.424 e. The lowest BCUT2D eigenvalue weighted by molar-refractivity contribution is -0.252. The average Bonchev–Trinajstić information content (AvgIpc) is 2.80. The van der Waals surface area contributed by atoms with Crippen molar-refractivity contribution in [3.8, 4) is 22.8 Å². The van der Waals surface area contributed by atoms with Crippen LogP contribution in [0, 0.1) is 6.92 Å². The Labute approximate surface area is 211 Å². The summed E-state index contributed by atoms with van der Waals surface area (Å²) in [5.74, 6) is -1.40. The van der Waals surface area contributed by atoms with Crippen molar-refractivity contribution in [2.45, 2.75) is 44.6 Å². The number of methoxy groups -OCH3 is 1. The number of benzene rings is 2. The van der Waals surface area contributed by atoms with Gasteiger partial charge in [-0.05, 0) is 55.7 Å². The highest BCUT2D eigenvalue weighted by Gasteiger charge is 2.56. The number of rotatable bonds is 7. The molecule has 0 aliphatic carbocycles. The number of hydrogen-bond acceptors (Lipinski definition) is 5. The molecule has 1 N–H and O–H groups in total. The fraction of sp³-hybridized carbons (Fsp3) is 0.333. The van der Waals surface area contributed by atoms with Crippen molar-refractivity contribution in [1.82, 2.24) is 15.0 Å². The molecule has 0 fully saturated rings. The van der Waals surface area contributed by atoms with Gasteiger partial charge < -0.3 is 4.74 Å². The molecule has 0 aliphatic rings. The molecule has 1 heterocycles. The summed E-state index contributed by atoms with van der Waals surface area (Å²) in [7, 11) is 0.799. The van der Waals surface area contributed by atoms with Gasteiger partial charge in [-0.1, -0.05) is 23.7 Å². The molecule has 3 aromatic rings. The first kappa shape index (κ1) is 28.3. The van der Waals surface area contributed by atoms with Gasteiger partial charge in [0.2, 0.25) is 5.60 Å². The van der Waals surface area contributed by atoms with Gasteiger partial charge in [0, 0.05) is 24.7 Å². The Balaban J connectivity index is 1.94. The van der Waals surface area contributed by atoms with E-state index in [9.17, 15) is 35.9 Å². The number of aromatic nitrogens is 3. The molecule has 0 radical (unpaired) electrons. The maximum absolute atomic E-state index is 13.3. The minimum atomic E-state index is -4.91. The molecule has 3 rings (SSSR count). The zero-order valence-corrected chi connectivity index (χ0v) is 20.4. The standard InChI is InChI=1S/C24H20ClF6N3O3/c1-12-10-14(6-7-16(12)23(26,27)28)19-32-20(34-21(36)33-19)15-11-13(4-8-17(15)25)5-9-18(35)22(2,37-3)24(29,30)31/h4,6-8,10-11H,5,9H2,1-3H3,(H,32,33,34,36)/t22-/m1/s1. The number of aromatic amines is 1. The molecule has 1 aromatic heterocycles. The summed E-state index contributed by atoms with van der Waals surface area (Å²) in [6.45, 7) is 1.91. The van der Waals surface area contributed by atoms with Crippen molar-refractivity contribution in [1.29, 1.82) is 0 Å². The molecule has 0 aliphatic heterocycles. The highest BCUT2D eigenvalue weighted by Crippen LogP contribution is 2.36. The fourth-order valence-electron chi connectivity index (χ4n) is 3.56. The molecule has 1 atom stereocenters. The van der Waals surface area contributed by atoms with Gasteiger partial charge in [-0.25, -0.2) is 9.78 Å². The molecule has 0 saturated heterocycles. The number of aryl methyl sites for hydroxylation is 2. The van der Waals surface area contributed by atoms with E-state index in [1.165, 1.54) is 31.2 Å². The summed E-state index contributed by atoms with van der Waals surface area (Å²) in [6.07, 6.45) is -10.1. The topological polar surface area (TPSA) is 84.9 Å². The Bertz CT molecular complexity index is 1390. The number of Topliss-reactive ketones (excluding diaryl/α,β-unsaturated/α-hetero) is 1. The number of ether oxygens (including phenoxy) is 1. The summed E-state index contributed by atoms with van der Waals surface area (Å²) >= 11 is 6.25. The summed E-state index contributed by atoms with van der Waals surface area (Å²) in [4.78, 5) is 34.8. The zero-order chi connectivity index (χ0) is 27.8. The van der Waals surface area contributed by atoms with Gasteiger partial charge in [0.05, 0.1) is 10.6 Å². The van der Waals surface area contributed by atoms with E-state index in [2.05, 4.69) is 19.7 Å². The third-order valence-corrected chi connectivity index (χ3v) is 6.18. The highest BCUT2D eigenvalue weighted by molar-refractivity contribution is 6.33. The van der Waals surface area contributed by atoms with E-state index in [1.807, 2.05) is 0 Å². The number of halogens is 7. The number of H-pyrrole nitrogens is 1. The fourth-order valence-corrected chi connectivity index (χ4v) is 3.76. The average molecular weight is 548 g/mol. The summed E-state index contributed by atoms with van der Waals surface area (Å²) in [6, 6.07) is 7.53. The van der Waals surface area contributed by atoms with Crippen molar-refractivity contribution >= 4 is 17.4 Å². The predicted octanol–water partition coefficient (Wildman–Crippen LogP) is 5.95. The quantitative estimate of drug-likeness (QED) is 0.370. The van der Waals surface area contributed by atoms with E-state index < -0.39 is 41.4 Å². The van der Waals surface area contributed by atoms with Gasteiger partial charge in [-0.2, -0.15) is 31.3 Å². The summed E-state index contributed by atoms with van der Waals surface area (Å²) in [5, 5.41) is 0.121. The van der Waals surface area contributed by atoms with Crippen LogP contribution in [0.5, 0.6) is 0 Å². The van der Waals surface area contributed by atoms with Crippen LogP contribution in [0.15, 0.2) is 41.2 Å². The van der Waals surface area contributed by atoms with Gasteiger partial charge in [-0.15, -0.1) is 0 Å². The van der Waals surface area contributed by atoms with Crippen LogP contribution >= 0.6 is 11.6 Å². The van der Waals surface area contributed by atoms with Crippen LogP contribution in [0.25, 0.3) is 22.8 Å². The lowest BCUT2D eigenvalue weighted by Crippen LogP contribution is -2.51. The van der Waals surface area contributed by atoms with E-state index in [1.54, 1.807) is 0 Å². The minimum Gasteiger partial charge on any atom is -0.362 e. The van der Waals surface area contributed by atoms with Crippen LogP contribution in [0.2, 0.25) is 5.02 Å². The third kappa shape index (κ3) is 6.02. The Morgan fingerprint density at radius 3 is 2.30 bits per heavy atom. The van der Waals surface area contributed by atoms with Crippen LogP contribution in [0.4, 0.5) is 26.3 Å². The monoisotopic (exact) mass is 547 g/mol. The summed E-state index contributed by atoms with van der Waals surface area (Å²) in [5.41, 5.74) is -4.00. The van der Waals surface area contributed by atoms with Crippen molar-refractivity contribution in [2.75, 3.05) is 7.11 Å². The molecule has 0 amide bonds. The van der Waals surface area contributed by atoms with Crippen LogP contribution in [-0.2, 0) is 22.1 Å². The number of ketones is 1. The zero-order valence-electron chi connectivity index (χ0n) is 19.6. The first-order valence-corrected chi connectivity index (χ1v) is 11.0. The van der Waals surface area contributed by atoms with E-state index in [0.717, 1.165) is 19.2 Å². The number of carbonyl (C=O) groups is 1.